The van der Waals surface area contributed by atoms with Gasteiger partial charge in [-0.05, 0) is 18.2 Å². The molecule has 8 heteroatoms. The molecule has 0 atom stereocenters. The van der Waals surface area contributed by atoms with Crippen molar-refractivity contribution in [1.82, 2.24) is 9.78 Å². The fourth-order valence-corrected chi connectivity index (χ4v) is 1.85. The molecule has 0 aliphatic heterocycles. The van der Waals surface area contributed by atoms with Crippen LogP contribution >= 0.6 is 15.9 Å². The summed E-state index contributed by atoms with van der Waals surface area (Å²) >= 11 is 3.09. The highest BCUT2D eigenvalue weighted by molar-refractivity contribution is 9.10. The quantitative estimate of drug-likeness (QED) is 0.839. The molecule has 0 saturated carbocycles. The number of esters is 1. The van der Waals surface area contributed by atoms with Gasteiger partial charge in [-0.2, -0.15) is 9.78 Å². The maximum Gasteiger partial charge on any atom is 0.362 e. The molecule has 0 spiro atoms. The Morgan fingerprint density at radius 3 is 2.75 bits per heavy atom. The van der Waals surface area contributed by atoms with Gasteiger partial charge in [-0.1, -0.05) is 15.9 Å². The molecule has 0 fully saturated rings. The van der Waals surface area contributed by atoms with Crippen molar-refractivity contribution in [3.05, 3.63) is 50.6 Å². The number of nitrogens with zero attached hydrogens (tertiary/aromatic N) is 2. The Balaban J connectivity index is 2.68. The lowest BCUT2D eigenvalue weighted by molar-refractivity contribution is 0.0588. The molecule has 0 aliphatic rings. The number of ether oxygens (including phenoxy) is 1. The standard InChI is InChI=1S/C12H8BrFN2O4/c1-20-12(19)11-9(17)5-10(18)16(15-11)8-3-2-6(13)4-7(8)14/h2-5,17H,1H3. The molecular weight excluding hydrogens is 335 g/mol. The number of carbonyl (C=O) groups excluding carboxylic acids is 1. The van der Waals surface area contributed by atoms with E-state index in [9.17, 15) is 19.1 Å². The number of aromatic nitrogens is 2. The predicted molar refractivity (Wildman–Crippen MR) is 70.5 cm³/mol. The summed E-state index contributed by atoms with van der Waals surface area (Å²) in [4.78, 5) is 23.2. The normalized spacial score (nSPS) is 10.3. The van der Waals surface area contributed by atoms with E-state index in [-0.39, 0.29) is 5.69 Å². The van der Waals surface area contributed by atoms with E-state index in [1.165, 1.54) is 12.1 Å². The summed E-state index contributed by atoms with van der Waals surface area (Å²) in [5.74, 6) is -2.28. The monoisotopic (exact) mass is 342 g/mol. The molecule has 0 aliphatic carbocycles. The van der Waals surface area contributed by atoms with Crippen LogP contribution in [0.25, 0.3) is 5.69 Å². The number of benzene rings is 1. The second kappa shape index (κ2) is 5.41. The highest BCUT2D eigenvalue weighted by atomic mass is 79.9. The van der Waals surface area contributed by atoms with Crippen LogP contribution < -0.4 is 5.56 Å². The number of hydrogen-bond acceptors (Lipinski definition) is 5. The van der Waals surface area contributed by atoms with E-state index >= 15 is 0 Å². The van der Waals surface area contributed by atoms with Crippen molar-refractivity contribution in [3.8, 4) is 11.4 Å². The summed E-state index contributed by atoms with van der Waals surface area (Å²) in [5.41, 5.74) is -1.41. The van der Waals surface area contributed by atoms with Gasteiger partial charge in [0.1, 0.15) is 11.5 Å². The first-order chi connectivity index (χ1) is 9.43. The Hall–Kier alpha value is -2.22. The molecule has 104 valence electrons. The van der Waals surface area contributed by atoms with Gasteiger partial charge >= 0.3 is 5.97 Å². The van der Waals surface area contributed by atoms with Crippen molar-refractivity contribution in [3.63, 3.8) is 0 Å². The Kier molecular flexibility index (Phi) is 3.84. The van der Waals surface area contributed by atoms with E-state index < -0.39 is 28.8 Å². The third kappa shape index (κ3) is 2.55. The SMILES string of the molecule is COC(=O)c1nn(-c2ccc(Br)cc2F)c(=O)cc1O. The molecule has 2 aromatic rings. The van der Waals surface area contributed by atoms with Crippen molar-refractivity contribution in [2.75, 3.05) is 7.11 Å². The van der Waals surface area contributed by atoms with Gasteiger partial charge in [-0.15, -0.1) is 0 Å². The molecule has 6 nitrogen and oxygen atoms in total. The van der Waals surface area contributed by atoms with Crippen LogP contribution in [0.15, 0.2) is 33.5 Å². The Labute approximate surface area is 120 Å². The molecule has 0 unspecified atom stereocenters. The molecule has 1 aromatic heterocycles. The minimum atomic E-state index is -0.936. The van der Waals surface area contributed by atoms with E-state index in [1.807, 2.05) is 0 Å². The maximum atomic E-state index is 13.8. The number of rotatable bonds is 2. The molecule has 1 N–H and O–H groups in total. The number of methoxy groups -OCH3 is 1. The predicted octanol–water partition coefficient (Wildman–Crippen LogP) is 1.63. The van der Waals surface area contributed by atoms with Crippen molar-refractivity contribution >= 4 is 21.9 Å². The first-order valence-corrected chi connectivity index (χ1v) is 6.10. The summed E-state index contributed by atoms with van der Waals surface area (Å²) in [6.07, 6.45) is 0. The van der Waals surface area contributed by atoms with E-state index in [0.29, 0.717) is 9.15 Å². The summed E-state index contributed by atoms with van der Waals surface area (Å²) in [7, 11) is 1.10. The van der Waals surface area contributed by atoms with Crippen LogP contribution in [-0.4, -0.2) is 28.0 Å². The lowest BCUT2D eigenvalue weighted by Gasteiger charge is -2.08. The van der Waals surface area contributed by atoms with E-state index in [1.54, 1.807) is 0 Å². The average molecular weight is 343 g/mol. The number of hydrogen-bond donors (Lipinski definition) is 1. The molecule has 2 rings (SSSR count). The fraction of sp³-hybridized carbons (Fsp3) is 0.0833. The van der Waals surface area contributed by atoms with Gasteiger partial charge in [0.2, 0.25) is 5.69 Å². The Morgan fingerprint density at radius 1 is 1.45 bits per heavy atom. The maximum absolute atomic E-state index is 13.8. The van der Waals surface area contributed by atoms with Crippen LogP contribution in [0.2, 0.25) is 0 Å². The van der Waals surface area contributed by atoms with Crippen LogP contribution in [0.1, 0.15) is 10.5 Å². The summed E-state index contributed by atoms with van der Waals surface area (Å²) in [5, 5.41) is 13.1. The van der Waals surface area contributed by atoms with E-state index in [2.05, 4.69) is 25.8 Å². The summed E-state index contributed by atoms with van der Waals surface area (Å²) in [6, 6.07) is 4.73. The lowest BCUT2D eigenvalue weighted by Crippen LogP contribution is -2.24. The molecular formula is C12H8BrFN2O4. The van der Waals surface area contributed by atoms with Gasteiger partial charge in [0.05, 0.1) is 7.11 Å². The third-order valence-electron chi connectivity index (χ3n) is 2.43. The van der Waals surface area contributed by atoms with Crippen LogP contribution in [0.5, 0.6) is 5.75 Å². The van der Waals surface area contributed by atoms with Gasteiger partial charge < -0.3 is 9.84 Å². The van der Waals surface area contributed by atoms with Gasteiger partial charge in [-0.3, -0.25) is 4.79 Å². The third-order valence-corrected chi connectivity index (χ3v) is 2.92. The zero-order valence-corrected chi connectivity index (χ0v) is 11.7. The lowest BCUT2D eigenvalue weighted by atomic mass is 10.3. The van der Waals surface area contributed by atoms with E-state index in [4.69, 9.17) is 0 Å². The summed E-state index contributed by atoms with van der Waals surface area (Å²) < 4.78 is 19.4. The number of halogens is 2. The molecule has 1 heterocycles. The fourth-order valence-electron chi connectivity index (χ4n) is 1.51. The molecule has 20 heavy (non-hydrogen) atoms. The molecule has 1 aromatic carbocycles. The van der Waals surface area contributed by atoms with Gasteiger partial charge in [0.15, 0.2) is 5.75 Å². The smallest absolute Gasteiger partial charge is 0.362 e. The zero-order valence-electron chi connectivity index (χ0n) is 10.1. The van der Waals surface area contributed by atoms with Crippen LogP contribution in [-0.2, 0) is 4.74 Å². The topological polar surface area (TPSA) is 81.4 Å². The zero-order chi connectivity index (χ0) is 14.9. The minimum Gasteiger partial charge on any atom is -0.505 e. The molecule has 0 saturated heterocycles. The van der Waals surface area contributed by atoms with E-state index in [0.717, 1.165) is 19.2 Å². The van der Waals surface area contributed by atoms with Crippen molar-refractivity contribution in [2.45, 2.75) is 0 Å². The highest BCUT2D eigenvalue weighted by Gasteiger charge is 2.18. The average Bonchev–Trinajstić information content (AvgIpc) is 2.39. The van der Waals surface area contributed by atoms with Gasteiger partial charge in [0, 0.05) is 10.5 Å². The summed E-state index contributed by atoms with van der Waals surface area (Å²) in [6.45, 7) is 0. The van der Waals surface area contributed by atoms with Crippen LogP contribution in [0.3, 0.4) is 0 Å². The van der Waals surface area contributed by atoms with Crippen molar-refractivity contribution in [1.29, 1.82) is 0 Å². The van der Waals surface area contributed by atoms with Crippen molar-refractivity contribution in [2.24, 2.45) is 0 Å². The Bertz CT molecular complexity index is 745. The second-order valence-electron chi connectivity index (χ2n) is 3.72. The first kappa shape index (κ1) is 14.2. The Morgan fingerprint density at radius 2 is 2.15 bits per heavy atom. The second-order valence-corrected chi connectivity index (χ2v) is 4.63. The van der Waals surface area contributed by atoms with Gasteiger partial charge in [-0.25, -0.2) is 9.18 Å². The first-order valence-electron chi connectivity index (χ1n) is 5.31. The highest BCUT2D eigenvalue weighted by Crippen LogP contribution is 2.19. The van der Waals surface area contributed by atoms with Crippen LogP contribution in [0.4, 0.5) is 4.39 Å². The molecule has 0 bridgehead atoms. The molecule has 0 radical (unpaired) electrons. The van der Waals surface area contributed by atoms with Crippen molar-refractivity contribution < 1.29 is 19.0 Å². The minimum absolute atomic E-state index is 0.150. The largest absolute Gasteiger partial charge is 0.505 e. The number of carbonyl (C=O) groups is 1. The molecule has 0 amide bonds. The van der Waals surface area contributed by atoms with Gasteiger partial charge in [0.25, 0.3) is 5.56 Å². The van der Waals surface area contributed by atoms with Crippen LogP contribution in [0, 0.1) is 5.82 Å². The number of aromatic hydroxyl groups is 1.